The molecule has 0 aliphatic carbocycles. The van der Waals surface area contributed by atoms with Crippen molar-refractivity contribution in [2.45, 2.75) is 0 Å². The number of carbonyl (C=O) groups excluding carboxylic acids is 1. The van der Waals surface area contributed by atoms with Crippen molar-refractivity contribution >= 4 is 33.4 Å². The topological polar surface area (TPSA) is 66.9 Å². The molecule has 0 unspecified atom stereocenters. The fourth-order valence-electron chi connectivity index (χ4n) is 2.08. The lowest BCUT2D eigenvalue weighted by atomic mass is 10.1. The summed E-state index contributed by atoms with van der Waals surface area (Å²) in [5.41, 5.74) is 1.83. The summed E-state index contributed by atoms with van der Waals surface area (Å²) in [6.07, 6.45) is 0. The number of nitrogens with one attached hydrogen (secondary N) is 2. The van der Waals surface area contributed by atoms with Gasteiger partial charge in [0.25, 0.3) is 5.91 Å². The Morgan fingerprint density at radius 2 is 1.90 bits per heavy atom. The predicted octanol–water partition coefficient (Wildman–Crippen LogP) is 2.76. The molecule has 6 heteroatoms. The molecule has 2 N–H and O–H groups in total. The number of rotatable bonds is 3. The zero-order chi connectivity index (χ0) is 14.8. The van der Waals surface area contributed by atoms with Crippen LogP contribution in [0.15, 0.2) is 36.4 Å². The van der Waals surface area contributed by atoms with Crippen LogP contribution in [0, 0.1) is 0 Å². The van der Waals surface area contributed by atoms with Crippen LogP contribution in [0.3, 0.4) is 0 Å². The SMILES string of the molecule is CNC(=O)c1cc2c(-c3ccccc3)nc(NC)nc2s1. The number of hydrogen-bond acceptors (Lipinski definition) is 5. The Balaban J connectivity index is 2.26. The van der Waals surface area contributed by atoms with E-state index < -0.39 is 0 Å². The molecule has 0 saturated heterocycles. The van der Waals surface area contributed by atoms with Crippen LogP contribution < -0.4 is 10.6 Å². The first-order valence-electron chi connectivity index (χ1n) is 6.49. The molecule has 0 aliphatic rings. The average Bonchev–Trinajstić information content (AvgIpc) is 2.97. The summed E-state index contributed by atoms with van der Waals surface area (Å²) in [4.78, 5) is 22.2. The lowest BCUT2D eigenvalue weighted by molar-refractivity contribution is 0.0967. The average molecular weight is 298 g/mol. The molecule has 1 aromatic carbocycles. The molecule has 3 rings (SSSR count). The molecule has 5 nitrogen and oxygen atoms in total. The third-order valence-electron chi connectivity index (χ3n) is 3.11. The van der Waals surface area contributed by atoms with E-state index in [-0.39, 0.29) is 5.91 Å². The second-order valence-electron chi connectivity index (χ2n) is 4.42. The Morgan fingerprint density at radius 1 is 1.14 bits per heavy atom. The fourth-order valence-corrected chi connectivity index (χ4v) is 3.06. The van der Waals surface area contributed by atoms with Gasteiger partial charge in [-0.3, -0.25) is 4.79 Å². The molecule has 106 valence electrons. The maximum absolute atomic E-state index is 11.8. The summed E-state index contributed by atoms with van der Waals surface area (Å²) >= 11 is 1.37. The highest BCUT2D eigenvalue weighted by atomic mass is 32.1. The largest absolute Gasteiger partial charge is 0.357 e. The molecule has 0 radical (unpaired) electrons. The Labute approximate surface area is 126 Å². The molecule has 0 bridgehead atoms. The van der Waals surface area contributed by atoms with Crippen LogP contribution in [0.1, 0.15) is 9.67 Å². The number of anilines is 1. The Bertz CT molecular complexity index is 798. The van der Waals surface area contributed by atoms with Crippen molar-refractivity contribution in [2.24, 2.45) is 0 Å². The molecule has 0 spiro atoms. The Morgan fingerprint density at radius 3 is 2.57 bits per heavy atom. The highest BCUT2D eigenvalue weighted by Crippen LogP contribution is 2.32. The molecule has 0 saturated carbocycles. The highest BCUT2D eigenvalue weighted by Gasteiger charge is 2.15. The first-order chi connectivity index (χ1) is 10.2. The van der Waals surface area contributed by atoms with Gasteiger partial charge in [-0.25, -0.2) is 9.97 Å². The van der Waals surface area contributed by atoms with Crippen molar-refractivity contribution in [1.29, 1.82) is 0 Å². The van der Waals surface area contributed by atoms with E-state index in [0.717, 1.165) is 21.5 Å². The number of fused-ring (bicyclic) bond motifs is 1. The van der Waals surface area contributed by atoms with Crippen molar-refractivity contribution in [3.05, 3.63) is 41.3 Å². The number of amides is 1. The van der Waals surface area contributed by atoms with E-state index in [4.69, 9.17) is 0 Å². The van der Waals surface area contributed by atoms with Gasteiger partial charge in [0.2, 0.25) is 5.95 Å². The van der Waals surface area contributed by atoms with E-state index in [1.807, 2.05) is 36.4 Å². The molecule has 0 atom stereocenters. The summed E-state index contributed by atoms with van der Waals surface area (Å²) in [6.45, 7) is 0. The molecule has 21 heavy (non-hydrogen) atoms. The van der Waals surface area contributed by atoms with Crippen molar-refractivity contribution in [3.8, 4) is 11.3 Å². The normalized spacial score (nSPS) is 10.6. The van der Waals surface area contributed by atoms with Crippen LogP contribution in [0.5, 0.6) is 0 Å². The minimum absolute atomic E-state index is 0.108. The van der Waals surface area contributed by atoms with Crippen molar-refractivity contribution in [1.82, 2.24) is 15.3 Å². The summed E-state index contributed by atoms with van der Waals surface area (Å²) < 4.78 is 0. The van der Waals surface area contributed by atoms with Gasteiger partial charge in [0.15, 0.2) is 0 Å². The Kier molecular flexibility index (Phi) is 3.53. The van der Waals surface area contributed by atoms with Crippen LogP contribution >= 0.6 is 11.3 Å². The van der Waals surface area contributed by atoms with E-state index in [9.17, 15) is 4.79 Å². The minimum Gasteiger partial charge on any atom is -0.357 e. The number of nitrogens with zero attached hydrogens (tertiary/aromatic N) is 2. The number of benzene rings is 1. The maximum atomic E-state index is 11.8. The first kappa shape index (κ1) is 13.5. The van der Waals surface area contributed by atoms with Crippen LogP contribution in [0.4, 0.5) is 5.95 Å². The smallest absolute Gasteiger partial charge is 0.261 e. The molecule has 1 amide bonds. The van der Waals surface area contributed by atoms with Crippen molar-refractivity contribution in [2.75, 3.05) is 19.4 Å². The highest BCUT2D eigenvalue weighted by molar-refractivity contribution is 7.20. The van der Waals surface area contributed by atoms with E-state index in [1.165, 1.54) is 11.3 Å². The summed E-state index contributed by atoms with van der Waals surface area (Å²) in [5.74, 6) is 0.440. The molecular weight excluding hydrogens is 284 g/mol. The number of carbonyl (C=O) groups is 1. The monoisotopic (exact) mass is 298 g/mol. The van der Waals surface area contributed by atoms with Crippen molar-refractivity contribution in [3.63, 3.8) is 0 Å². The molecule has 2 aromatic heterocycles. The third kappa shape index (κ3) is 2.45. The minimum atomic E-state index is -0.108. The van der Waals surface area contributed by atoms with Crippen LogP contribution in [0.2, 0.25) is 0 Å². The van der Waals surface area contributed by atoms with Gasteiger partial charge in [0.05, 0.1) is 10.6 Å². The van der Waals surface area contributed by atoms with Gasteiger partial charge in [-0.15, -0.1) is 11.3 Å². The molecule has 0 fully saturated rings. The van der Waals surface area contributed by atoms with Gasteiger partial charge in [0.1, 0.15) is 4.83 Å². The lowest BCUT2D eigenvalue weighted by Gasteiger charge is -2.05. The zero-order valence-electron chi connectivity index (χ0n) is 11.7. The quantitative estimate of drug-likeness (QED) is 0.780. The second kappa shape index (κ2) is 5.49. The van der Waals surface area contributed by atoms with Gasteiger partial charge in [-0.05, 0) is 6.07 Å². The van der Waals surface area contributed by atoms with Gasteiger partial charge < -0.3 is 10.6 Å². The Hall–Kier alpha value is -2.47. The molecule has 2 heterocycles. The predicted molar refractivity (Wildman–Crippen MR) is 85.8 cm³/mol. The van der Waals surface area contributed by atoms with Gasteiger partial charge in [0, 0.05) is 25.0 Å². The lowest BCUT2D eigenvalue weighted by Crippen LogP contribution is -2.15. The summed E-state index contributed by atoms with van der Waals surface area (Å²) in [5, 5.41) is 6.50. The third-order valence-corrected chi connectivity index (χ3v) is 4.14. The van der Waals surface area contributed by atoms with Gasteiger partial charge in [-0.2, -0.15) is 0 Å². The molecular formula is C15H14N4OS. The molecule has 3 aromatic rings. The maximum Gasteiger partial charge on any atom is 0.261 e. The number of thiophene rings is 1. The van der Waals surface area contributed by atoms with Crippen LogP contribution in [-0.4, -0.2) is 30.0 Å². The number of aromatic nitrogens is 2. The van der Waals surface area contributed by atoms with E-state index in [1.54, 1.807) is 14.1 Å². The van der Waals surface area contributed by atoms with E-state index in [0.29, 0.717) is 10.8 Å². The van der Waals surface area contributed by atoms with Gasteiger partial charge >= 0.3 is 0 Å². The van der Waals surface area contributed by atoms with Crippen LogP contribution in [-0.2, 0) is 0 Å². The number of hydrogen-bond donors (Lipinski definition) is 2. The van der Waals surface area contributed by atoms with Crippen LogP contribution in [0.25, 0.3) is 21.5 Å². The first-order valence-corrected chi connectivity index (χ1v) is 7.31. The standard InChI is InChI=1S/C15H14N4OS/c1-16-13(20)11-8-10-12(9-6-4-3-5-7-9)18-15(17-2)19-14(10)21-11/h3-8H,1-2H3,(H,16,20)(H,17,18,19). The van der Waals surface area contributed by atoms with Crippen molar-refractivity contribution < 1.29 is 4.79 Å². The van der Waals surface area contributed by atoms with E-state index >= 15 is 0 Å². The molecule has 0 aliphatic heterocycles. The second-order valence-corrected chi connectivity index (χ2v) is 5.45. The van der Waals surface area contributed by atoms with E-state index in [2.05, 4.69) is 20.6 Å². The van der Waals surface area contributed by atoms with Gasteiger partial charge in [-0.1, -0.05) is 30.3 Å². The fraction of sp³-hybridized carbons (Fsp3) is 0.133. The summed E-state index contributed by atoms with van der Waals surface area (Å²) in [6, 6.07) is 11.7. The summed E-state index contributed by atoms with van der Waals surface area (Å²) in [7, 11) is 3.40. The zero-order valence-corrected chi connectivity index (χ0v) is 12.5.